The predicted octanol–water partition coefficient (Wildman–Crippen LogP) is 4.49. The van der Waals surface area contributed by atoms with Crippen LogP contribution in [0.2, 0.25) is 5.02 Å². The zero-order chi connectivity index (χ0) is 18.2. The SMILES string of the molecule is O=C(NCc1ccccc1)C(NCc1ccc(Cl)cc1)c1ccccc1. The van der Waals surface area contributed by atoms with E-state index in [-0.39, 0.29) is 5.91 Å². The highest BCUT2D eigenvalue weighted by Crippen LogP contribution is 2.15. The van der Waals surface area contributed by atoms with Crippen LogP contribution in [0.15, 0.2) is 84.9 Å². The average molecular weight is 365 g/mol. The van der Waals surface area contributed by atoms with E-state index >= 15 is 0 Å². The highest BCUT2D eigenvalue weighted by atomic mass is 35.5. The van der Waals surface area contributed by atoms with Crippen LogP contribution in [0.4, 0.5) is 0 Å². The number of amides is 1. The summed E-state index contributed by atoms with van der Waals surface area (Å²) in [7, 11) is 0. The summed E-state index contributed by atoms with van der Waals surface area (Å²) in [5.74, 6) is -0.0472. The second-order valence-electron chi connectivity index (χ2n) is 6.05. The van der Waals surface area contributed by atoms with Crippen molar-refractivity contribution in [2.75, 3.05) is 0 Å². The van der Waals surface area contributed by atoms with Gasteiger partial charge in [0.15, 0.2) is 0 Å². The Labute approximate surface area is 159 Å². The number of carbonyl (C=O) groups is 1. The van der Waals surface area contributed by atoms with Crippen LogP contribution >= 0.6 is 11.6 Å². The normalized spacial score (nSPS) is 11.7. The van der Waals surface area contributed by atoms with Gasteiger partial charge in [0.25, 0.3) is 0 Å². The molecule has 3 rings (SSSR count). The van der Waals surface area contributed by atoms with Crippen LogP contribution in [0.1, 0.15) is 22.7 Å². The first-order valence-corrected chi connectivity index (χ1v) is 8.94. The van der Waals surface area contributed by atoms with Crippen molar-refractivity contribution in [3.8, 4) is 0 Å². The van der Waals surface area contributed by atoms with Gasteiger partial charge in [0.1, 0.15) is 6.04 Å². The monoisotopic (exact) mass is 364 g/mol. The first-order valence-electron chi connectivity index (χ1n) is 8.57. The minimum atomic E-state index is -0.421. The van der Waals surface area contributed by atoms with Crippen LogP contribution in [-0.4, -0.2) is 5.91 Å². The van der Waals surface area contributed by atoms with Crippen LogP contribution in [0.5, 0.6) is 0 Å². The van der Waals surface area contributed by atoms with Crippen molar-refractivity contribution >= 4 is 17.5 Å². The summed E-state index contributed by atoms with van der Waals surface area (Å²) in [5.41, 5.74) is 3.09. The zero-order valence-electron chi connectivity index (χ0n) is 14.4. The molecule has 0 aliphatic rings. The van der Waals surface area contributed by atoms with Gasteiger partial charge in [-0.05, 0) is 28.8 Å². The molecular formula is C22H21ClN2O. The number of rotatable bonds is 7. The van der Waals surface area contributed by atoms with Crippen molar-refractivity contribution in [3.63, 3.8) is 0 Å². The smallest absolute Gasteiger partial charge is 0.242 e. The highest BCUT2D eigenvalue weighted by Gasteiger charge is 2.19. The van der Waals surface area contributed by atoms with Gasteiger partial charge < -0.3 is 5.32 Å². The van der Waals surface area contributed by atoms with Gasteiger partial charge in [-0.1, -0.05) is 84.4 Å². The van der Waals surface area contributed by atoms with E-state index in [0.717, 1.165) is 16.7 Å². The molecule has 1 unspecified atom stereocenters. The first-order chi connectivity index (χ1) is 12.7. The number of nitrogens with one attached hydrogen (secondary N) is 2. The van der Waals surface area contributed by atoms with Gasteiger partial charge in [-0.3, -0.25) is 10.1 Å². The molecule has 0 fully saturated rings. The molecule has 0 saturated carbocycles. The molecule has 0 spiro atoms. The zero-order valence-corrected chi connectivity index (χ0v) is 15.1. The Balaban J connectivity index is 1.68. The Morgan fingerprint density at radius 2 is 1.35 bits per heavy atom. The second kappa shape index (κ2) is 9.18. The molecule has 0 heterocycles. The Kier molecular flexibility index (Phi) is 6.42. The molecule has 0 aliphatic carbocycles. The predicted molar refractivity (Wildman–Crippen MR) is 106 cm³/mol. The number of benzene rings is 3. The van der Waals surface area contributed by atoms with Crippen LogP contribution in [0, 0.1) is 0 Å². The van der Waals surface area contributed by atoms with Gasteiger partial charge in [-0.15, -0.1) is 0 Å². The summed E-state index contributed by atoms with van der Waals surface area (Å²) < 4.78 is 0. The number of carbonyl (C=O) groups excluding carboxylic acids is 1. The quantitative estimate of drug-likeness (QED) is 0.648. The topological polar surface area (TPSA) is 41.1 Å². The molecule has 2 N–H and O–H groups in total. The third-order valence-corrected chi connectivity index (χ3v) is 4.38. The van der Waals surface area contributed by atoms with Gasteiger partial charge in [0, 0.05) is 18.1 Å². The van der Waals surface area contributed by atoms with Gasteiger partial charge >= 0.3 is 0 Å². The lowest BCUT2D eigenvalue weighted by molar-refractivity contribution is -0.123. The maximum atomic E-state index is 12.8. The Bertz CT molecular complexity index is 820. The van der Waals surface area contributed by atoms with Crippen molar-refractivity contribution in [2.45, 2.75) is 19.1 Å². The fraction of sp³-hybridized carbons (Fsp3) is 0.136. The summed E-state index contributed by atoms with van der Waals surface area (Å²) in [4.78, 5) is 12.8. The number of hydrogen-bond donors (Lipinski definition) is 2. The maximum Gasteiger partial charge on any atom is 0.242 e. The van der Waals surface area contributed by atoms with Gasteiger partial charge in [-0.2, -0.15) is 0 Å². The molecule has 0 radical (unpaired) electrons. The molecular weight excluding hydrogens is 344 g/mol. The van der Waals surface area contributed by atoms with E-state index in [9.17, 15) is 4.79 Å². The summed E-state index contributed by atoms with van der Waals surface area (Å²) in [6.45, 7) is 1.08. The minimum absolute atomic E-state index is 0.0472. The Morgan fingerprint density at radius 1 is 0.769 bits per heavy atom. The fourth-order valence-electron chi connectivity index (χ4n) is 2.72. The minimum Gasteiger partial charge on any atom is -0.350 e. The molecule has 3 aromatic rings. The lowest BCUT2D eigenvalue weighted by Crippen LogP contribution is -2.37. The number of hydrogen-bond acceptors (Lipinski definition) is 2. The third kappa shape index (κ3) is 5.19. The number of halogens is 1. The van der Waals surface area contributed by atoms with Crippen LogP contribution < -0.4 is 10.6 Å². The molecule has 4 heteroatoms. The summed E-state index contributed by atoms with van der Waals surface area (Å²) in [6.07, 6.45) is 0. The molecule has 0 aromatic heterocycles. The largest absolute Gasteiger partial charge is 0.350 e. The van der Waals surface area contributed by atoms with E-state index < -0.39 is 6.04 Å². The Morgan fingerprint density at radius 3 is 2.00 bits per heavy atom. The molecule has 0 bridgehead atoms. The van der Waals surface area contributed by atoms with Crippen molar-refractivity contribution in [1.29, 1.82) is 0 Å². The van der Waals surface area contributed by atoms with Crippen LogP contribution in [-0.2, 0) is 17.9 Å². The average Bonchev–Trinajstić information content (AvgIpc) is 2.69. The molecule has 1 amide bonds. The van der Waals surface area contributed by atoms with Crippen LogP contribution in [0.25, 0.3) is 0 Å². The molecule has 3 nitrogen and oxygen atoms in total. The van der Waals surface area contributed by atoms with E-state index in [2.05, 4.69) is 10.6 Å². The van der Waals surface area contributed by atoms with E-state index in [1.165, 1.54) is 0 Å². The summed E-state index contributed by atoms with van der Waals surface area (Å²) in [5, 5.41) is 7.08. The van der Waals surface area contributed by atoms with Gasteiger partial charge in [0.2, 0.25) is 5.91 Å². The van der Waals surface area contributed by atoms with E-state index in [4.69, 9.17) is 11.6 Å². The van der Waals surface area contributed by atoms with Gasteiger partial charge in [-0.25, -0.2) is 0 Å². The molecule has 0 aliphatic heterocycles. The Hall–Kier alpha value is -2.62. The molecule has 1 atom stereocenters. The summed E-state index contributed by atoms with van der Waals surface area (Å²) in [6, 6.07) is 26.8. The van der Waals surface area contributed by atoms with Crippen molar-refractivity contribution in [2.24, 2.45) is 0 Å². The van der Waals surface area contributed by atoms with Gasteiger partial charge in [0.05, 0.1) is 0 Å². The molecule has 26 heavy (non-hydrogen) atoms. The highest BCUT2D eigenvalue weighted by molar-refractivity contribution is 6.30. The maximum absolute atomic E-state index is 12.8. The van der Waals surface area contributed by atoms with E-state index in [0.29, 0.717) is 18.1 Å². The van der Waals surface area contributed by atoms with Crippen molar-refractivity contribution < 1.29 is 4.79 Å². The fourth-order valence-corrected chi connectivity index (χ4v) is 2.84. The van der Waals surface area contributed by atoms with E-state index in [1.54, 1.807) is 0 Å². The standard InChI is InChI=1S/C22H21ClN2O/c23-20-13-11-18(12-14-20)15-24-21(19-9-5-2-6-10-19)22(26)25-16-17-7-3-1-4-8-17/h1-14,21,24H,15-16H2,(H,25,26). The first kappa shape index (κ1) is 18.2. The molecule has 132 valence electrons. The third-order valence-electron chi connectivity index (χ3n) is 4.13. The lowest BCUT2D eigenvalue weighted by Gasteiger charge is -2.19. The van der Waals surface area contributed by atoms with Crippen molar-refractivity contribution in [3.05, 3.63) is 107 Å². The second-order valence-corrected chi connectivity index (χ2v) is 6.49. The van der Waals surface area contributed by atoms with Crippen LogP contribution in [0.3, 0.4) is 0 Å². The molecule has 0 saturated heterocycles. The summed E-state index contributed by atoms with van der Waals surface area (Å²) >= 11 is 5.94. The molecule has 3 aromatic carbocycles. The van der Waals surface area contributed by atoms with Crippen molar-refractivity contribution in [1.82, 2.24) is 10.6 Å². The van der Waals surface area contributed by atoms with E-state index in [1.807, 2.05) is 84.9 Å². The lowest BCUT2D eigenvalue weighted by atomic mass is 10.1.